The number of terminal acetylenes is 1. The highest BCUT2D eigenvalue weighted by molar-refractivity contribution is 9.11. The van der Waals surface area contributed by atoms with Crippen LogP contribution in [0, 0.1) is 12.3 Å². The van der Waals surface area contributed by atoms with E-state index >= 15 is 0 Å². The predicted molar refractivity (Wildman–Crippen MR) is 112 cm³/mol. The summed E-state index contributed by atoms with van der Waals surface area (Å²) >= 11 is 3.41. The van der Waals surface area contributed by atoms with Gasteiger partial charge in [0.2, 0.25) is 0 Å². The van der Waals surface area contributed by atoms with Crippen LogP contribution in [0.3, 0.4) is 0 Å². The molecule has 0 unspecified atom stereocenters. The zero-order valence-corrected chi connectivity index (χ0v) is 17.4. The lowest BCUT2D eigenvalue weighted by Crippen LogP contribution is -2.21. The van der Waals surface area contributed by atoms with Gasteiger partial charge in [-0.15, -0.1) is 6.42 Å². The lowest BCUT2D eigenvalue weighted by Gasteiger charge is -2.12. The first-order valence-electron chi connectivity index (χ1n) is 8.52. The highest BCUT2D eigenvalue weighted by Gasteiger charge is 2.07. The van der Waals surface area contributed by atoms with E-state index in [-0.39, 0.29) is 24.6 Å². The minimum absolute atomic E-state index is 0.00463. The van der Waals surface area contributed by atoms with Gasteiger partial charge in [0.25, 0.3) is 0 Å². The van der Waals surface area contributed by atoms with E-state index in [0.717, 1.165) is 10.2 Å². The second-order valence-electron chi connectivity index (χ2n) is 5.56. The number of rotatable bonds is 9. The van der Waals surface area contributed by atoms with Crippen molar-refractivity contribution < 1.29 is 14.3 Å². The lowest BCUT2D eigenvalue weighted by molar-refractivity contribution is -0.142. The van der Waals surface area contributed by atoms with Crippen LogP contribution in [0.2, 0.25) is 0 Å². The smallest absolute Gasteiger partial charge is 0.307 e. The van der Waals surface area contributed by atoms with Crippen molar-refractivity contribution in [2.45, 2.75) is 33.6 Å². The number of carbonyl (C=O) groups is 2. The Bertz CT molecular complexity index is 758. The fourth-order valence-corrected chi connectivity index (χ4v) is 2.28. The predicted octanol–water partition coefficient (Wildman–Crippen LogP) is 3.85. The van der Waals surface area contributed by atoms with E-state index in [1.807, 2.05) is 6.92 Å². The molecular formula is C20H24BrN3O3. The van der Waals surface area contributed by atoms with Gasteiger partial charge in [-0.05, 0) is 45.0 Å². The first-order chi connectivity index (χ1) is 12.9. The molecule has 0 aliphatic carbocycles. The van der Waals surface area contributed by atoms with Gasteiger partial charge in [0, 0.05) is 22.3 Å². The number of carbonyl (C=O) groups excluding carboxylic acids is 2. The van der Waals surface area contributed by atoms with E-state index in [2.05, 4.69) is 37.5 Å². The zero-order chi connectivity index (χ0) is 20.2. The summed E-state index contributed by atoms with van der Waals surface area (Å²) in [4.78, 5) is 27.3. The largest absolute Gasteiger partial charge is 0.466 e. The first-order valence-corrected chi connectivity index (χ1v) is 9.31. The number of halogens is 1. The summed E-state index contributed by atoms with van der Waals surface area (Å²) in [6.07, 6.45) is 5.97. The van der Waals surface area contributed by atoms with Gasteiger partial charge >= 0.3 is 5.97 Å². The number of benzene rings is 1. The average Bonchev–Trinajstić information content (AvgIpc) is 2.61. The van der Waals surface area contributed by atoms with Crippen molar-refractivity contribution >= 4 is 39.2 Å². The third-order valence-electron chi connectivity index (χ3n) is 3.35. The van der Waals surface area contributed by atoms with Crippen molar-refractivity contribution in [1.29, 1.82) is 0 Å². The fraction of sp³-hybridized carbons (Fsp3) is 0.350. The van der Waals surface area contributed by atoms with Crippen molar-refractivity contribution in [2.75, 3.05) is 18.5 Å². The normalized spacial score (nSPS) is 11.9. The van der Waals surface area contributed by atoms with Crippen LogP contribution < -0.4 is 10.6 Å². The number of anilines is 1. The molecule has 144 valence electrons. The van der Waals surface area contributed by atoms with E-state index in [1.165, 1.54) is 6.92 Å². The Balaban J connectivity index is 2.86. The van der Waals surface area contributed by atoms with Gasteiger partial charge in [0.05, 0.1) is 19.4 Å². The molecule has 0 heterocycles. The van der Waals surface area contributed by atoms with Crippen molar-refractivity contribution in [3.8, 4) is 12.3 Å². The zero-order valence-electron chi connectivity index (χ0n) is 15.8. The number of aliphatic imine (C=N–C) groups is 1. The van der Waals surface area contributed by atoms with Gasteiger partial charge in [-0.2, -0.15) is 0 Å². The Morgan fingerprint density at radius 1 is 1.26 bits per heavy atom. The van der Waals surface area contributed by atoms with E-state index < -0.39 is 0 Å². The minimum Gasteiger partial charge on any atom is -0.466 e. The number of ether oxygens (including phenoxy) is 1. The molecule has 7 heteroatoms. The Labute approximate surface area is 168 Å². The van der Waals surface area contributed by atoms with Crippen LogP contribution >= 0.6 is 15.9 Å². The molecular weight excluding hydrogens is 410 g/mol. The average molecular weight is 434 g/mol. The van der Waals surface area contributed by atoms with E-state index in [9.17, 15) is 9.59 Å². The number of hydrogen-bond donors (Lipinski definition) is 2. The minimum atomic E-state index is -0.270. The van der Waals surface area contributed by atoms with Crippen molar-refractivity contribution in [1.82, 2.24) is 5.32 Å². The van der Waals surface area contributed by atoms with Crippen LogP contribution in [0.5, 0.6) is 0 Å². The number of Topliss-reactive ketones (excluding diaryl/α,β-unsaturated/α-hetero) is 1. The second-order valence-corrected chi connectivity index (χ2v) is 6.75. The number of nitrogens with zero attached hydrogens (tertiary/aromatic N) is 1. The summed E-state index contributed by atoms with van der Waals surface area (Å²) < 4.78 is 5.68. The molecule has 0 radical (unpaired) electrons. The SMILES string of the molecule is C#CC/C(=N\C(NCCC(=O)OCC)=C(/C)Br)Nc1ccc(C(C)=O)cc1. The molecule has 0 atom stereocenters. The van der Waals surface area contributed by atoms with Crippen LogP contribution in [0.4, 0.5) is 5.69 Å². The van der Waals surface area contributed by atoms with Crippen LogP contribution in [-0.4, -0.2) is 30.7 Å². The molecule has 1 aromatic rings. The number of allylic oxidation sites excluding steroid dienone is 1. The molecule has 0 aliphatic heterocycles. The summed E-state index contributed by atoms with van der Waals surface area (Å²) in [5, 5.41) is 6.26. The van der Waals surface area contributed by atoms with Gasteiger partial charge < -0.3 is 15.4 Å². The van der Waals surface area contributed by atoms with Crippen molar-refractivity contribution in [2.24, 2.45) is 4.99 Å². The quantitative estimate of drug-likeness (QED) is 0.203. The monoisotopic (exact) mass is 433 g/mol. The molecule has 0 amide bonds. The van der Waals surface area contributed by atoms with Crippen LogP contribution in [0.1, 0.15) is 44.0 Å². The second kappa shape index (κ2) is 11.9. The third kappa shape index (κ3) is 8.56. The first kappa shape index (κ1) is 22.5. The number of nitrogens with one attached hydrogen (secondary N) is 2. The van der Waals surface area contributed by atoms with Gasteiger partial charge in [0.1, 0.15) is 11.7 Å². The topological polar surface area (TPSA) is 79.8 Å². The maximum absolute atomic E-state index is 11.4. The van der Waals surface area contributed by atoms with Gasteiger partial charge in [0.15, 0.2) is 5.78 Å². The number of hydrogen-bond acceptors (Lipinski definition) is 5. The van der Waals surface area contributed by atoms with Gasteiger partial charge in [-0.3, -0.25) is 9.59 Å². The molecule has 6 nitrogen and oxygen atoms in total. The fourth-order valence-electron chi connectivity index (χ4n) is 2.05. The van der Waals surface area contributed by atoms with E-state index in [0.29, 0.717) is 30.4 Å². The van der Waals surface area contributed by atoms with E-state index in [1.54, 1.807) is 31.2 Å². The van der Waals surface area contributed by atoms with Gasteiger partial charge in [-0.25, -0.2) is 4.99 Å². The Morgan fingerprint density at radius 3 is 2.44 bits per heavy atom. The molecule has 0 aliphatic rings. The molecule has 0 bridgehead atoms. The Morgan fingerprint density at radius 2 is 1.93 bits per heavy atom. The Hall–Kier alpha value is -2.59. The molecule has 0 saturated carbocycles. The highest BCUT2D eigenvalue weighted by atomic mass is 79.9. The summed E-state index contributed by atoms with van der Waals surface area (Å²) in [6, 6.07) is 7.06. The maximum atomic E-state index is 11.4. The van der Waals surface area contributed by atoms with E-state index in [4.69, 9.17) is 11.2 Å². The molecule has 0 aromatic heterocycles. The molecule has 1 aromatic carbocycles. The molecule has 1 rings (SSSR count). The van der Waals surface area contributed by atoms with Crippen LogP contribution in [0.25, 0.3) is 0 Å². The number of amidine groups is 1. The summed E-state index contributed by atoms with van der Waals surface area (Å²) in [5.74, 6) is 3.43. The molecule has 0 fully saturated rings. The number of esters is 1. The lowest BCUT2D eigenvalue weighted by atomic mass is 10.1. The Kier molecular flexibility index (Phi) is 9.91. The van der Waals surface area contributed by atoms with Crippen molar-refractivity contribution in [3.05, 3.63) is 40.1 Å². The molecule has 0 spiro atoms. The summed E-state index contributed by atoms with van der Waals surface area (Å²) in [5.41, 5.74) is 1.40. The molecule has 27 heavy (non-hydrogen) atoms. The van der Waals surface area contributed by atoms with Crippen LogP contribution in [-0.2, 0) is 9.53 Å². The standard InChI is InChI=1S/C20H24BrN3O3/c1-5-7-18(23-17-10-8-16(9-11-17)15(4)25)24-20(14(3)21)22-13-12-19(26)27-6-2/h1,8-11,22H,6-7,12-13H2,2-4H3,(H,23,24)/b20-14+. The summed E-state index contributed by atoms with van der Waals surface area (Å²) in [7, 11) is 0. The van der Waals surface area contributed by atoms with Crippen LogP contribution in [0.15, 0.2) is 39.6 Å². The highest BCUT2D eigenvalue weighted by Crippen LogP contribution is 2.14. The van der Waals surface area contributed by atoms with Crippen molar-refractivity contribution in [3.63, 3.8) is 0 Å². The maximum Gasteiger partial charge on any atom is 0.307 e. The third-order valence-corrected chi connectivity index (χ3v) is 3.73. The molecule has 0 saturated heterocycles. The molecule has 2 N–H and O–H groups in total. The van der Waals surface area contributed by atoms with Gasteiger partial charge in [-0.1, -0.05) is 21.9 Å². The number of ketones is 1. The summed E-state index contributed by atoms with van der Waals surface area (Å²) in [6.45, 7) is 5.87.